The molecule has 2 amide bonds. The number of hydrogen-bond donors (Lipinski definition) is 3. The molecule has 4 rings (SSSR count). The second-order valence-corrected chi connectivity index (χ2v) is 11.7. The molecule has 1 aromatic heterocycles. The summed E-state index contributed by atoms with van der Waals surface area (Å²) in [5, 5.41) is 9.65. The third kappa shape index (κ3) is 10.2. The fourth-order valence-corrected chi connectivity index (χ4v) is 4.83. The van der Waals surface area contributed by atoms with E-state index in [2.05, 4.69) is 33.1 Å². The first-order chi connectivity index (χ1) is 19.7. The highest BCUT2D eigenvalue weighted by atomic mass is 16.5. The van der Waals surface area contributed by atoms with Crippen molar-refractivity contribution in [1.29, 1.82) is 0 Å². The average molecular weight is 555 g/mol. The molecule has 0 spiro atoms. The molecule has 0 aliphatic heterocycles. The molecule has 0 radical (unpaired) electrons. The maximum Gasteiger partial charge on any atom is 0.243 e. The Morgan fingerprint density at radius 2 is 1.56 bits per heavy atom. The molecule has 0 saturated carbocycles. The summed E-state index contributed by atoms with van der Waals surface area (Å²) in [7, 11) is 0. The molecule has 3 N–H and O–H groups in total. The van der Waals surface area contributed by atoms with Crippen LogP contribution in [0.2, 0.25) is 0 Å². The van der Waals surface area contributed by atoms with Crippen LogP contribution in [0, 0.1) is 0 Å². The van der Waals surface area contributed by atoms with Crippen LogP contribution in [0.3, 0.4) is 0 Å². The molecule has 1 aliphatic rings. The first-order valence-electron chi connectivity index (χ1n) is 14.4. The predicted molar refractivity (Wildman–Crippen MR) is 162 cm³/mol. The number of rotatable bonds is 12. The highest BCUT2D eigenvalue weighted by Crippen LogP contribution is 2.17. The fraction of sp³-hybridized carbons (Fsp3) is 0.382. The van der Waals surface area contributed by atoms with E-state index < -0.39 is 17.6 Å². The number of nitrogens with zero attached hydrogens (tertiary/aromatic N) is 1. The molecular formula is C34H42N4O3. The van der Waals surface area contributed by atoms with Crippen molar-refractivity contribution >= 4 is 11.8 Å². The number of ether oxygens (including phenoxy) is 1. The topological polar surface area (TPSA) is 92.4 Å². The van der Waals surface area contributed by atoms with Crippen LogP contribution in [-0.4, -0.2) is 40.5 Å². The molecule has 0 saturated heterocycles. The number of aromatic nitrogens is 1. The molecule has 0 bridgehead atoms. The lowest BCUT2D eigenvalue weighted by atomic mass is 9.98. The monoisotopic (exact) mass is 554 g/mol. The Morgan fingerprint density at radius 1 is 0.878 bits per heavy atom. The largest absolute Gasteiger partial charge is 0.489 e. The Morgan fingerprint density at radius 3 is 2.22 bits per heavy atom. The average Bonchev–Trinajstić information content (AvgIpc) is 2.97. The Hall–Kier alpha value is -3.97. The van der Waals surface area contributed by atoms with Crippen molar-refractivity contribution in [3.05, 3.63) is 108 Å². The maximum atomic E-state index is 13.8. The van der Waals surface area contributed by atoms with Gasteiger partial charge >= 0.3 is 0 Å². The van der Waals surface area contributed by atoms with Crippen molar-refractivity contribution in [2.75, 3.05) is 0 Å². The fourth-order valence-electron chi connectivity index (χ4n) is 4.83. The molecule has 2 aromatic carbocycles. The quantitative estimate of drug-likeness (QED) is 0.277. The SMILES string of the molecule is CC(C)(C)NC(=O)[C@H](Cc1ccc(OCc2ccccc2)cc1)NC(=O)[C@H](Cc1ccncc1)NC1C=CCCC1. The molecule has 1 heterocycles. The van der Waals surface area contributed by atoms with Crippen LogP contribution < -0.4 is 20.7 Å². The lowest BCUT2D eigenvalue weighted by molar-refractivity contribution is -0.130. The van der Waals surface area contributed by atoms with Crippen LogP contribution in [0.25, 0.3) is 0 Å². The van der Waals surface area contributed by atoms with E-state index >= 15 is 0 Å². The standard InChI is InChI=1S/C34H42N4O3/c1-34(2,3)38-33(40)31(22-25-14-16-29(17-15-25)41-24-27-10-6-4-7-11-27)37-32(39)30(23-26-18-20-35-21-19-26)36-28-12-8-5-9-13-28/h4,6-8,10-12,14-21,28,30-31,36H,5,9,13,22-24H2,1-3H3,(H,37,39)(H,38,40)/t28?,30-,31-/m0/s1. The zero-order valence-corrected chi connectivity index (χ0v) is 24.3. The first kappa shape index (κ1) is 30.0. The van der Waals surface area contributed by atoms with Gasteiger partial charge in [0.25, 0.3) is 0 Å². The molecule has 1 aliphatic carbocycles. The van der Waals surface area contributed by atoms with Gasteiger partial charge in [-0.2, -0.15) is 0 Å². The van der Waals surface area contributed by atoms with E-state index in [1.54, 1.807) is 12.4 Å². The molecular weight excluding hydrogens is 512 g/mol. The van der Waals surface area contributed by atoms with E-state index in [4.69, 9.17) is 4.74 Å². The minimum atomic E-state index is -0.735. The molecule has 41 heavy (non-hydrogen) atoms. The van der Waals surface area contributed by atoms with Gasteiger partial charge in [-0.1, -0.05) is 54.6 Å². The predicted octanol–water partition coefficient (Wildman–Crippen LogP) is 4.91. The van der Waals surface area contributed by atoms with E-state index in [1.165, 1.54) is 0 Å². The normalized spacial score (nSPS) is 16.4. The number of pyridine rings is 1. The Bertz CT molecular complexity index is 1270. The van der Waals surface area contributed by atoms with Crippen molar-refractivity contribution in [3.8, 4) is 5.75 Å². The maximum absolute atomic E-state index is 13.8. The van der Waals surface area contributed by atoms with Gasteiger partial charge in [-0.3, -0.25) is 19.9 Å². The second kappa shape index (κ2) is 14.6. The van der Waals surface area contributed by atoms with Gasteiger partial charge in [0.2, 0.25) is 11.8 Å². The van der Waals surface area contributed by atoms with Gasteiger partial charge in [0.1, 0.15) is 18.4 Å². The van der Waals surface area contributed by atoms with Crippen molar-refractivity contribution in [1.82, 2.24) is 20.9 Å². The third-order valence-electron chi connectivity index (χ3n) is 6.92. The van der Waals surface area contributed by atoms with Gasteiger partial charge in [-0.25, -0.2) is 0 Å². The minimum absolute atomic E-state index is 0.117. The van der Waals surface area contributed by atoms with Gasteiger partial charge in [-0.05, 0) is 87.4 Å². The van der Waals surface area contributed by atoms with E-state index in [0.717, 1.165) is 41.7 Å². The number of hydrogen-bond acceptors (Lipinski definition) is 5. The molecule has 7 nitrogen and oxygen atoms in total. The van der Waals surface area contributed by atoms with Gasteiger partial charge < -0.3 is 15.4 Å². The van der Waals surface area contributed by atoms with Crippen LogP contribution in [-0.2, 0) is 29.0 Å². The van der Waals surface area contributed by atoms with Crippen molar-refractivity contribution < 1.29 is 14.3 Å². The third-order valence-corrected chi connectivity index (χ3v) is 6.92. The summed E-state index contributed by atoms with van der Waals surface area (Å²) < 4.78 is 5.92. The van der Waals surface area contributed by atoms with E-state index in [1.807, 2.05) is 87.5 Å². The number of carbonyl (C=O) groups is 2. The summed E-state index contributed by atoms with van der Waals surface area (Å²) >= 11 is 0. The molecule has 3 atom stereocenters. The number of amides is 2. The summed E-state index contributed by atoms with van der Waals surface area (Å²) in [6, 6.07) is 20.4. The summed E-state index contributed by atoms with van der Waals surface area (Å²) in [5.41, 5.74) is 2.60. The molecule has 216 valence electrons. The zero-order valence-electron chi connectivity index (χ0n) is 24.3. The van der Waals surface area contributed by atoms with E-state index in [9.17, 15) is 9.59 Å². The number of carbonyl (C=O) groups excluding carboxylic acids is 2. The summed E-state index contributed by atoms with van der Waals surface area (Å²) in [6.07, 6.45) is 11.7. The van der Waals surface area contributed by atoms with Crippen molar-refractivity contribution in [2.45, 2.75) is 83.1 Å². The van der Waals surface area contributed by atoms with Crippen LogP contribution >= 0.6 is 0 Å². The zero-order chi connectivity index (χ0) is 29.1. The van der Waals surface area contributed by atoms with Crippen LogP contribution in [0.5, 0.6) is 5.75 Å². The number of nitrogens with one attached hydrogen (secondary N) is 3. The lowest BCUT2D eigenvalue weighted by Crippen LogP contribution is -2.57. The summed E-state index contributed by atoms with van der Waals surface area (Å²) in [5.74, 6) is 0.340. The van der Waals surface area contributed by atoms with Gasteiger partial charge in [0.15, 0.2) is 0 Å². The first-order valence-corrected chi connectivity index (χ1v) is 14.4. The molecule has 0 fully saturated rings. The highest BCUT2D eigenvalue weighted by Gasteiger charge is 2.29. The van der Waals surface area contributed by atoms with Gasteiger partial charge in [0, 0.05) is 30.4 Å². The second-order valence-electron chi connectivity index (χ2n) is 11.7. The lowest BCUT2D eigenvalue weighted by Gasteiger charge is -2.29. The molecule has 3 aromatic rings. The number of allylic oxidation sites excluding steroid dienone is 1. The summed E-state index contributed by atoms with van der Waals surface area (Å²) in [4.78, 5) is 31.3. The Labute approximate surface area is 243 Å². The van der Waals surface area contributed by atoms with Crippen LogP contribution in [0.1, 0.15) is 56.7 Å². The van der Waals surface area contributed by atoms with Crippen LogP contribution in [0.15, 0.2) is 91.3 Å². The Balaban J connectivity index is 1.47. The van der Waals surface area contributed by atoms with Crippen molar-refractivity contribution in [2.24, 2.45) is 0 Å². The van der Waals surface area contributed by atoms with E-state index in [0.29, 0.717) is 19.4 Å². The van der Waals surface area contributed by atoms with Gasteiger partial charge in [0.05, 0.1) is 6.04 Å². The molecule has 7 heteroatoms. The Kier molecular flexibility index (Phi) is 10.7. The van der Waals surface area contributed by atoms with E-state index in [-0.39, 0.29) is 17.9 Å². The molecule has 1 unspecified atom stereocenters. The van der Waals surface area contributed by atoms with Gasteiger partial charge in [-0.15, -0.1) is 0 Å². The number of benzene rings is 2. The van der Waals surface area contributed by atoms with Crippen molar-refractivity contribution in [3.63, 3.8) is 0 Å². The summed E-state index contributed by atoms with van der Waals surface area (Å²) in [6.45, 7) is 6.29. The minimum Gasteiger partial charge on any atom is -0.489 e. The van der Waals surface area contributed by atoms with Crippen LogP contribution in [0.4, 0.5) is 0 Å². The highest BCUT2D eigenvalue weighted by molar-refractivity contribution is 5.90. The smallest absolute Gasteiger partial charge is 0.243 e.